The molecule has 5 nitrogen and oxygen atoms in total. The molecule has 0 aliphatic carbocycles. The molecule has 3 rings (SSSR count). The van der Waals surface area contributed by atoms with Crippen LogP contribution in [-0.4, -0.2) is 88.7 Å². The van der Waals surface area contributed by atoms with Gasteiger partial charge in [0.1, 0.15) is 0 Å². The van der Waals surface area contributed by atoms with Crippen molar-refractivity contribution in [1.29, 1.82) is 0 Å². The van der Waals surface area contributed by atoms with E-state index in [4.69, 9.17) is 14.2 Å². The van der Waals surface area contributed by atoms with Gasteiger partial charge in [-0.2, -0.15) is 0 Å². The molecule has 0 aromatic rings. The van der Waals surface area contributed by atoms with Crippen LogP contribution in [0, 0.1) is 0 Å². The van der Waals surface area contributed by atoms with Crippen molar-refractivity contribution in [3.63, 3.8) is 0 Å². The van der Waals surface area contributed by atoms with Crippen LogP contribution in [0.15, 0.2) is 0 Å². The Hall–Kier alpha value is -0.200. The first kappa shape index (κ1) is 13.2. The van der Waals surface area contributed by atoms with E-state index in [9.17, 15) is 0 Å². The first-order chi connectivity index (χ1) is 8.45. The molecule has 3 aliphatic rings. The topological polar surface area (TPSA) is 34.2 Å². The molecule has 0 amide bonds. The van der Waals surface area contributed by atoms with Gasteiger partial charge in [-0.25, -0.2) is 0 Å². The van der Waals surface area contributed by atoms with Crippen LogP contribution in [0.2, 0.25) is 0 Å². The number of hydrogen-bond donors (Lipinski definition) is 0. The first-order valence-corrected chi connectivity index (χ1v) is 6.63. The second-order valence-electron chi connectivity index (χ2n) is 4.52. The van der Waals surface area contributed by atoms with Crippen LogP contribution in [0.25, 0.3) is 0 Å². The fourth-order valence-corrected chi connectivity index (χ4v) is 2.14. The van der Waals surface area contributed by atoms with Crippen LogP contribution in [0.4, 0.5) is 0 Å². The predicted molar refractivity (Wildman–Crippen MR) is 65.3 cm³/mol. The SMILES string of the molecule is C1CN2CCOCCN(CCO1)CCOCC2. The minimum absolute atomic E-state index is 0.813. The Morgan fingerprint density at radius 2 is 0.647 bits per heavy atom. The third-order valence-electron chi connectivity index (χ3n) is 3.31. The van der Waals surface area contributed by atoms with Crippen LogP contribution in [0.5, 0.6) is 0 Å². The van der Waals surface area contributed by atoms with Gasteiger partial charge in [-0.3, -0.25) is 9.80 Å². The highest BCUT2D eigenvalue weighted by Gasteiger charge is 2.11. The molecule has 0 N–H and O–H groups in total. The first-order valence-electron chi connectivity index (χ1n) is 6.63. The van der Waals surface area contributed by atoms with Gasteiger partial charge in [-0.05, 0) is 0 Å². The van der Waals surface area contributed by atoms with Crippen molar-refractivity contribution in [2.24, 2.45) is 0 Å². The van der Waals surface area contributed by atoms with Gasteiger partial charge < -0.3 is 14.2 Å². The van der Waals surface area contributed by atoms with E-state index in [1.165, 1.54) is 0 Å². The van der Waals surface area contributed by atoms with Gasteiger partial charge in [0, 0.05) is 39.3 Å². The third kappa shape index (κ3) is 5.31. The molecule has 0 unspecified atom stereocenters. The Morgan fingerprint density at radius 1 is 0.412 bits per heavy atom. The Bertz CT molecular complexity index is 153. The maximum absolute atomic E-state index is 5.67. The quantitative estimate of drug-likeness (QED) is 0.583. The molecule has 2 bridgehead atoms. The lowest BCUT2D eigenvalue weighted by atomic mass is 10.4. The third-order valence-corrected chi connectivity index (χ3v) is 3.31. The molecule has 3 heterocycles. The van der Waals surface area contributed by atoms with E-state index >= 15 is 0 Å². The highest BCUT2D eigenvalue weighted by Crippen LogP contribution is 1.97. The van der Waals surface area contributed by atoms with E-state index in [2.05, 4.69) is 9.80 Å². The highest BCUT2D eigenvalue weighted by atomic mass is 16.5. The van der Waals surface area contributed by atoms with Gasteiger partial charge in [0.15, 0.2) is 0 Å². The van der Waals surface area contributed by atoms with Crippen LogP contribution in [-0.2, 0) is 14.2 Å². The average Bonchev–Trinajstić information content (AvgIpc) is 2.29. The van der Waals surface area contributed by atoms with Crippen molar-refractivity contribution in [1.82, 2.24) is 9.80 Å². The smallest absolute Gasteiger partial charge is 0.0594 e. The summed E-state index contributed by atoms with van der Waals surface area (Å²) < 4.78 is 17.0. The lowest BCUT2D eigenvalue weighted by molar-refractivity contribution is 0.00538. The average molecular weight is 244 g/mol. The van der Waals surface area contributed by atoms with Crippen molar-refractivity contribution in [2.75, 3.05) is 78.9 Å². The van der Waals surface area contributed by atoms with E-state index in [1.54, 1.807) is 0 Å². The molecule has 0 radical (unpaired) electrons. The summed E-state index contributed by atoms with van der Waals surface area (Å²) in [5.74, 6) is 0. The summed E-state index contributed by atoms with van der Waals surface area (Å²) in [6.45, 7) is 10.8. The number of hydrogen-bond acceptors (Lipinski definition) is 5. The molecule has 17 heavy (non-hydrogen) atoms. The lowest BCUT2D eigenvalue weighted by Gasteiger charge is -2.27. The molecule has 0 aromatic heterocycles. The zero-order valence-electron chi connectivity index (χ0n) is 10.6. The monoisotopic (exact) mass is 244 g/mol. The summed E-state index contributed by atoms with van der Waals surface area (Å²) in [6.07, 6.45) is 0. The summed E-state index contributed by atoms with van der Waals surface area (Å²) in [6, 6.07) is 0. The van der Waals surface area contributed by atoms with Gasteiger partial charge in [0.2, 0.25) is 0 Å². The Kier molecular flexibility index (Phi) is 6.23. The normalized spacial score (nSPS) is 33.9. The van der Waals surface area contributed by atoms with Crippen LogP contribution in [0.3, 0.4) is 0 Å². The highest BCUT2D eigenvalue weighted by molar-refractivity contribution is 4.62. The van der Waals surface area contributed by atoms with Gasteiger partial charge in [0.25, 0.3) is 0 Å². The second kappa shape index (κ2) is 8.00. The van der Waals surface area contributed by atoms with Crippen molar-refractivity contribution in [2.45, 2.75) is 0 Å². The fraction of sp³-hybridized carbons (Fsp3) is 1.00. The van der Waals surface area contributed by atoms with Gasteiger partial charge in [-0.15, -0.1) is 0 Å². The number of rotatable bonds is 0. The summed E-state index contributed by atoms with van der Waals surface area (Å²) in [4.78, 5) is 4.72. The molecule has 3 saturated heterocycles. The van der Waals surface area contributed by atoms with E-state index in [-0.39, 0.29) is 0 Å². The Labute approximate surface area is 104 Å². The fourth-order valence-electron chi connectivity index (χ4n) is 2.14. The van der Waals surface area contributed by atoms with Crippen LogP contribution < -0.4 is 0 Å². The van der Waals surface area contributed by atoms with E-state index in [0.29, 0.717) is 0 Å². The second-order valence-corrected chi connectivity index (χ2v) is 4.52. The van der Waals surface area contributed by atoms with Gasteiger partial charge in [0.05, 0.1) is 39.6 Å². The number of ether oxygens (including phenoxy) is 3. The summed E-state index contributed by atoms with van der Waals surface area (Å²) >= 11 is 0. The summed E-state index contributed by atoms with van der Waals surface area (Å²) in [5, 5.41) is 0. The zero-order chi connectivity index (χ0) is 11.8. The maximum Gasteiger partial charge on any atom is 0.0594 e. The zero-order valence-corrected chi connectivity index (χ0v) is 10.6. The Balaban J connectivity index is 1.90. The van der Waals surface area contributed by atoms with E-state index in [0.717, 1.165) is 78.9 Å². The molecule has 0 spiro atoms. The molecule has 100 valence electrons. The molecule has 3 fully saturated rings. The van der Waals surface area contributed by atoms with Crippen molar-refractivity contribution in [3.8, 4) is 0 Å². The van der Waals surface area contributed by atoms with Crippen LogP contribution in [0.1, 0.15) is 0 Å². The molecule has 0 aromatic carbocycles. The standard InChI is InChI=1S/C12H24N2O3/c1-7-15-10-4-14-5-11-16-8-2-13(1)3-9-17-12-6-14/h1-12H2. The van der Waals surface area contributed by atoms with Crippen molar-refractivity contribution in [3.05, 3.63) is 0 Å². The largest absolute Gasteiger partial charge is 0.379 e. The number of fused-ring (bicyclic) bond motifs is 12. The minimum atomic E-state index is 0.813. The predicted octanol–water partition coefficient (Wildman–Crippen LogP) is -0.333. The van der Waals surface area contributed by atoms with E-state index < -0.39 is 0 Å². The van der Waals surface area contributed by atoms with Crippen molar-refractivity contribution < 1.29 is 14.2 Å². The maximum atomic E-state index is 5.67. The minimum Gasteiger partial charge on any atom is -0.379 e. The molecular formula is C12H24N2O3. The summed E-state index contributed by atoms with van der Waals surface area (Å²) in [5.41, 5.74) is 0. The van der Waals surface area contributed by atoms with Gasteiger partial charge >= 0.3 is 0 Å². The Morgan fingerprint density at radius 3 is 0.882 bits per heavy atom. The lowest BCUT2D eigenvalue weighted by Crippen LogP contribution is -2.40. The summed E-state index contributed by atoms with van der Waals surface area (Å²) in [7, 11) is 0. The number of nitrogens with zero attached hydrogens (tertiary/aromatic N) is 2. The molecule has 5 heteroatoms. The molecular weight excluding hydrogens is 220 g/mol. The van der Waals surface area contributed by atoms with Crippen molar-refractivity contribution >= 4 is 0 Å². The van der Waals surface area contributed by atoms with Crippen LogP contribution >= 0.6 is 0 Å². The van der Waals surface area contributed by atoms with E-state index in [1.807, 2.05) is 0 Å². The van der Waals surface area contributed by atoms with Gasteiger partial charge in [-0.1, -0.05) is 0 Å². The molecule has 0 atom stereocenters. The molecule has 0 saturated carbocycles. The molecule has 3 aliphatic heterocycles.